The molecule has 0 atom stereocenters. The molecule has 0 spiro atoms. The van der Waals surface area contributed by atoms with Gasteiger partial charge in [0.2, 0.25) is 0 Å². The van der Waals surface area contributed by atoms with Crippen molar-refractivity contribution in [3.63, 3.8) is 0 Å². The predicted octanol–water partition coefficient (Wildman–Crippen LogP) is 3.88. The quantitative estimate of drug-likeness (QED) is 0.523. The Morgan fingerprint density at radius 3 is 2.82 bits per heavy atom. The summed E-state index contributed by atoms with van der Waals surface area (Å²) in [6.45, 7) is 2.27. The van der Waals surface area contributed by atoms with Crippen LogP contribution in [0.1, 0.15) is 51.9 Å². The number of hydrogen-bond donors (Lipinski definition) is 0. The van der Waals surface area contributed by atoms with E-state index < -0.39 is 0 Å². The third kappa shape index (κ3) is 3.60. The van der Waals surface area contributed by atoms with Crippen LogP contribution >= 0.6 is 0 Å². The molecule has 0 aromatic rings. The minimum atomic E-state index is 1.29. The van der Waals surface area contributed by atoms with Crippen LogP contribution in [0.3, 0.4) is 0 Å². The molecule has 0 unspecified atom stereocenters. The molecule has 0 N–H and O–H groups in total. The molecule has 1 rings (SSSR count). The number of unbranched alkanes of at least 4 members (excludes halogenated alkanes) is 3. The van der Waals surface area contributed by atoms with Crippen molar-refractivity contribution in [1.29, 1.82) is 0 Å². The second-order valence-corrected chi connectivity index (χ2v) is 3.41. The molecule has 0 fully saturated rings. The molecular formula is C11H19. The van der Waals surface area contributed by atoms with E-state index in [-0.39, 0.29) is 0 Å². The number of hydrogen-bond acceptors (Lipinski definition) is 0. The third-order valence-corrected chi connectivity index (χ3v) is 2.34. The fourth-order valence-corrected chi connectivity index (χ4v) is 1.59. The zero-order valence-electron chi connectivity index (χ0n) is 7.60. The van der Waals surface area contributed by atoms with E-state index >= 15 is 0 Å². The lowest BCUT2D eigenvalue weighted by Gasteiger charge is -2.04. The van der Waals surface area contributed by atoms with Crippen molar-refractivity contribution in [3.8, 4) is 0 Å². The highest BCUT2D eigenvalue weighted by Crippen LogP contribution is 2.24. The van der Waals surface area contributed by atoms with Crippen molar-refractivity contribution in [2.75, 3.05) is 0 Å². The van der Waals surface area contributed by atoms with Gasteiger partial charge in [-0.2, -0.15) is 0 Å². The Bertz CT molecular complexity index is 113. The molecule has 0 bridgehead atoms. The summed E-state index contributed by atoms with van der Waals surface area (Å²) >= 11 is 0. The molecule has 0 amide bonds. The first kappa shape index (κ1) is 8.83. The van der Waals surface area contributed by atoms with Gasteiger partial charge >= 0.3 is 0 Å². The molecule has 11 heavy (non-hydrogen) atoms. The Morgan fingerprint density at radius 2 is 2.18 bits per heavy atom. The molecule has 0 heterocycles. The molecule has 0 saturated carbocycles. The first-order valence-electron chi connectivity index (χ1n) is 4.94. The Balaban J connectivity index is 1.90. The third-order valence-electron chi connectivity index (χ3n) is 2.34. The van der Waals surface area contributed by atoms with Crippen molar-refractivity contribution >= 4 is 0 Å². The van der Waals surface area contributed by atoms with Gasteiger partial charge < -0.3 is 0 Å². The first-order valence-corrected chi connectivity index (χ1v) is 4.94. The summed E-state index contributed by atoms with van der Waals surface area (Å²) in [6.07, 6.45) is 14.2. The summed E-state index contributed by atoms with van der Waals surface area (Å²) in [4.78, 5) is 0. The highest BCUT2D eigenvalue weighted by molar-refractivity contribution is 5.15. The van der Waals surface area contributed by atoms with Gasteiger partial charge in [0.05, 0.1) is 0 Å². The van der Waals surface area contributed by atoms with Crippen LogP contribution in [0.2, 0.25) is 0 Å². The van der Waals surface area contributed by atoms with Crippen molar-refractivity contribution in [3.05, 3.63) is 18.1 Å². The largest absolute Gasteiger partial charge is 0.0879 e. The number of rotatable bonds is 5. The van der Waals surface area contributed by atoms with Crippen LogP contribution in [-0.2, 0) is 0 Å². The van der Waals surface area contributed by atoms with Gasteiger partial charge in [-0.1, -0.05) is 44.8 Å². The summed E-state index contributed by atoms with van der Waals surface area (Å²) in [5.74, 6) is 1.68. The molecule has 0 aromatic heterocycles. The van der Waals surface area contributed by atoms with Crippen LogP contribution in [0.15, 0.2) is 12.2 Å². The van der Waals surface area contributed by atoms with E-state index in [1.807, 2.05) is 0 Å². The second kappa shape index (κ2) is 5.40. The molecule has 0 heteroatoms. The highest BCUT2D eigenvalue weighted by atomic mass is 14.1. The maximum atomic E-state index is 2.33. The van der Waals surface area contributed by atoms with Gasteiger partial charge in [0, 0.05) is 0 Å². The van der Waals surface area contributed by atoms with Gasteiger partial charge in [-0.15, -0.1) is 0 Å². The van der Waals surface area contributed by atoms with Crippen LogP contribution in [-0.4, -0.2) is 0 Å². The molecule has 1 aliphatic rings. The predicted molar refractivity (Wildman–Crippen MR) is 50.4 cm³/mol. The average molecular weight is 151 g/mol. The monoisotopic (exact) mass is 151 g/mol. The van der Waals surface area contributed by atoms with Gasteiger partial charge in [0.15, 0.2) is 0 Å². The molecular weight excluding hydrogens is 132 g/mol. The maximum absolute atomic E-state index is 2.33. The topological polar surface area (TPSA) is 0 Å². The lowest BCUT2D eigenvalue weighted by Crippen LogP contribution is -1.88. The van der Waals surface area contributed by atoms with E-state index in [1.54, 1.807) is 5.92 Å². The van der Waals surface area contributed by atoms with E-state index in [0.29, 0.717) is 0 Å². The molecule has 1 aliphatic carbocycles. The van der Waals surface area contributed by atoms with Crippen molar-refractivity contribution in [2.24, 2.45) is 0 Å². The van der Waals surface area contributed by atoms with E-state index in [2.05, 4.69) is 19.1 Å². The highest BCUT2D eigenvalue weighted by Gasteiger charge is 2.08. The summed E-state index contributed by atoms with van der Waals surface area (Å²) in [5, 5.41) is 0. The smallest absolute Gasteiger partial charge is 0.00243 e. The van der Waals surface area contributed by atoms with Crippen molar-refractivity contribution < 1.29 is 0 Å². The molecule has 0 nitrogen and oxygen atoms in total. The fraction of sp³-hybridized carbons (Fsp3) is 0.727. The molecule has 0 saturated heterocycles. The van der Waals surface area contributed by atoms with E-state index in [0.717, 1.165) is 0 Å². The van der Waals surface area contributed by atoms with E-state index in [4.69, 9.17) is 0 Å². The Hall–Kier alpha value is -0.260. The SMILES string of the molecule is CCCCCC[C]1C=CCC1. The van der Waals surface area contributed by atoms with Crippen LogP contribution in [0.4, 0.5) is 0 Å². The Morgan fingerprint density at radius 1 is 1.27 bits per heavy atom. The Labute approximate surface area is 70.7 Å². The zero-order chi connectivity index (χ0) is 7.94. The summed E-state index contributed by atoms with van der Waals surface area (Å²) in [5.41, 5.74) is 0. The summed E-state index contributed by atoms with van der Waals surface area (Å²) in [7, 11) is 0. The Kier molecular flexibility index (Phi) is 4.33. The van der Waals surface area contributed by atoms with Gasteiger partial charge in [-0.05, 0) is 25.2 Å². The lowest BCUT2D eigenvalue weighted by molar-refractivity contribution is 0.637. The van der Waals surface area contributed by atoms with E-state index in [9.17, 15) is 0 Å². The van der Waals surface area contributed by atoms with Gasteiger partial charge in [0.1, 0.15) is 0 Å². The lowest BCUT2D eigenvalue weighted by atomic mass is 10.0. The van der Waals surface area contributed by atoms with Crippen LogP contribution in [0.25, 0.3) is 0 Å². The van der Waals surface area contributed by atoms with E-state index in [1.165, 1.54) is 44.9 Å². The average Bonchev–Trinajstić information content (AvgIpc) is 2.50. The normalized spacial score (nSPS) is 17.9. The minimum Gasteiger partial charge on any atom is -0.0879 e. The maximum Gasteiger partial charge on any atom is -0.00243 e. The fourth-order valence-electron chi connectivity index (χ4n) is 1.59. The number of allylic oxidation sites excluding steroid dienone is 2. The molecule has 0 aromatic carbocycles. The van der Waals surface area contributed by atoms with Crippen LogP contribution < -0.4 is 0 Å². The van der Waals surface area contributed by atoms with Gasteiger partial charge in [-0.3, -0.25) is 0 Å². The zero-order valence-corrected chi connectivity index (χ0v) is 7.60. The van der Waals surface area contributed by atoms with Crippen molar-refractivity contribution in [1.82, 2.24) is 0 Å². The van der Waals surface area contributed by atoms with Gasteiger partial charge in [-0.25, -0.2) is 0 Å². The summed E-state index contributed by atoms with van der Waals surface area (Å²) < 4.78 is 0. The molecule has 0 aliphatic heterocycles. The van der Waals surface area contributed by atoms with Crippen LogP contribution in [0.5, 0.6) is 0 Å². The van der Waals surface area contributed by atoms with Crippen LogP contribution in [0, 0.1) is 5.92 Å². The second-order valence-electron chi connectivity index (χ2n) is 3.41. The first-order chi connectivity index (χ1) is 5.43. The molecule has 1 radical (unpaired) electrons. The molecule has 63 valence electrons. The van der Waals surface area contributed by atoms with Crippen molar-refractivity contribution in [2.45, 2.75) is 51.9 Å². The summed E-state index contributed by atoms with van der Waals surface area (Å²) in [6, 6.07) is 0. The standard InChI is InChI=1S/C11H19/c1-2-3-4-5-8-11-9-6-7-10-11/h6,9H,2-5,7-8,10H2,1H3. The minimum absolute atomic E-state index is 1.29. The van der Waals surface area contributed by atoms with Gasteiger partial charge in [0.25, 0.3) is 0 Å².